The van der Waals surface area contributed by atoms with Crippen molar-refractivity contribution in [2.24, 2.45) is 11.8 Å². The number of carbonyl (C=O) groups excluding carboxylic acids is 2. The lowest BCUT2D eigenvalue weighted by Gasteiger charge is -2.40. The van der Waals surface area contributed by atoms with Gasteiger partial charge in [-0.2, -0.15) is 0 Å². The first kappa shape index (κ1) is 26.3. The second-order valence-electron chi connectivity index (χ2n) is 11.2. The summed E-state index contributed by atoms with van der Waals surface area (Å²) in [5.41, 5.74) is 0.611. The number of H-pyrrole nitrogens is 1. The first-order valence-electron chi connectivity index (χ1n) is 13.3. The highest BCUT2D eigenvalue weighted by Gasteiger charge is 2.50. The Labute approximate surface area is 220 Å². The molecule has 6 rings (SSSR count). The van der Waals surface area contributed by atoms with E-state index < -0.39 is 79.6 Å². The van der Waals surface area contributed by atoms with Crippen LogP contribution in [-0.4, -0.2) is 71.1 Å². The Morgan fingerprint density at radius 3 is 2.49 bits per heavy atom. The summed E-state index contributed by atoms with van der Waals surface area (Å²) >= 11 is 0. The van der Waals surface area contributed by atoms with Crippen LogP contribution in [0, 0.1) is 17.7 Å². The lowest BCUT2D eigenvalue weighted by Crippen LogP contribution is -2.60. The van der Waals surface area contributed by atoms with Gasteiger partial charge >= 0.3 is 6.09 Å². The Balaban J connectivity index is 1.22. The van der Waals surface area contributed by atoms with E-state index in [0.29, 0.717) is 11.3 Å². The molecule has 2 saturated carbocycles. The zero-order valence-corrected chi connectivity index (χ0v) is 21.0. The zero-order chi connectivity index (χ0) is 27.5. The summed E-state index contributed by atoms with van der Waals surface area (Å²) in [6.07, 6.45) is 0.800. The lowest BCUT2D eigenvalue weighted by molar-refractivity contribution is -0.169. The maximum atomic E-state index is 15.8. The third-order valence-corrected chi connectivity index (χ3v) is 8.36. The van der Waals surface area contributed by atoms with Crippen molar-refractivity contribution in [1.29, 1.82) is 0 Å². The molecule has 0 unspecified atom stereocenters. The molecule has 2 aliphatic heterocycles. The average Bonchev–Trinajstić information content (AvgIpc) is 3.60. The van der Waals surface area contributed by atoms with Gasteiger partial charge in [0.25, 0.3) is 11.8 Å². The fourth-order valence-electron chi connectivity index (χ4n) is 6.22. The van der Waals surface area contributed by atoms with Gasteiger partial charge < -0.3 is 24.7 Å². The minimum absolute atomic E-state index is 0.00311. The summed E-state index contributed by atoms with van der Waals surface area (Å²) in [5.74, 6) is -7.98. The van der Waals surface area contributed by atoms with Gasteiger partial charge in [0.05, 0.1) is 43.8 Å². The first-order valence-corrected chi connectivity index (χ1v) is 13.3. The van der Waals surface area contributed by atoms with Crippen LogP contribution in [0.15, 0.2) is 12.1 Å². The molecule has 3 atom stereocenters. The minimum Gasteiger partial charge on any atom is -0.446 e. The van der Waals surface area contributed by atoms with Crippen molar-refractivity contribution in [1.82, 2.24) is 20.2 Å². The van der Waals surface area contributed by atoms with Gasteiger partial charge in [0, 0.05) is 18.8 Å². The number of benzene rings is 1. The third-order valence-electron chi connectivity index (χ3n) is 8.36. The number of ether oxygens (including phenoxy) is 2. The van der Waals surface area contributed by atoms with Crippen molar-refractivity contribution in [2.45, 2.75) is 68.4 Å². The van der Waals surface area contributed by atoms with Crippen molar-refractivity contribution < 1.29 is 41.0 Å². The van der Waals surface area contributed by atoms with Gasteiger partial charge in [0.2, 0.25) is 5.91 Å². The molecule has 0 bridgehead atoms. The van der Waals surface area contributed by atoms with Crippen LogP contribution in [0.1, 0.15) is 61.9 Å². The maximum absolute atomic E-state index is 15.8. The number of nitrogens with one attached hydrogen (secondary N) is 2. The highest BCUT2D eigenvalue weighted by molar-refractivity contribution is 5.82. The number of aromatic amines is 1. The minimum atomic E-state index is -2.90. The van der Waals surface area contributed by atoms with E-state index in [1.807, 2.05) is 0 Å². The average molecular weight is 557 g/mol. The molecular formula is C26H29F5N4O4. The van der Waals surface area contributed by atoms with Gasteiger partial charge in [-0.05, 0) is 30.4 Å². The van der Waals surface area contributed by atoms with Crippen LogP contribution in [0.25, 0.3) is 11.0 Å². The van der Waals surface area contributed by atoms with Gasteiger partial charge in [-0.1, -0.05) is 18.9 Å². The van der Waals surface area contributed by atoms with Crippen LogP contribution < -0.4 is 5.32 Å². The molecule has 2 amide bonds. The third kappa shape index (κ3) is 5.05. The number of amides is 2. The van der Waals surface area contributed by atoms with E-state index in [1.165, 1.54) is 6.07 Å². The van der Waals surface area contributed by atoms with Crippen LogP contribution >= 0.6 is 0 Å². The number of alkyl carbamates (subject to hydrolysis) is 1. The summed E-state index contributed by atoms with van der Waals surface area (Å²) in [6.45, 7) is -1.23. The molecule has 13 heteroatoms. The number of carbonyl (C=O) groups is 2. The molecule has 8 nitrogen and oxygen atoms in total. The highest BCUT2D eigenvalue weighted by Crippen LogP contribution is 2.41. The largest absolute Gasteiger partial charge is 0.446 e. The molecule has 4 fully saturated rings. The fourth-order valence-corrected chi connectivity index (χ4v) is 6.22. The Kier molecular flexibility index (Phi) is 6.47. The predicted octanol–water partition coefficient (Wildman–Crippen LogP) is 4.66. The molecule has 2 N–H and O–H groups in total. The van der Waals surface area contributed by atoms with Crippen molar-refractivity contribution in [3.63, 3.8) is 0 Å². The molecule has 1 aromatic heterocycles. The summed E-state index contributed by atoms with van der Waals surface area (Å²) in [7, 11) is 0. The maximum Gasteiger partial charge on any atom is 0.408 e. The molecule has 4 aliphatic rings. The number of aromatic nitrogens is 2. The van der Waals surface area contributed by atoms with E-state index in [2.05, 4.69) is 15.3 Å². The van der Waals surface area contributed by atoms with Crippen LogP contribution in [-0.2, 0) is 14.3 Å². The van der Waals surface area contributed by atoms with E-state index in [4.69, 9.17) is 9.47 Å². The Hall–Kier alpha value is -2.96. The van der Waals surface area contributed by atoms with Gasteiger partial charge in [0.1, 0.15) is 17.4 Å². The number of halogens is 5. The van der Waals surface area contributed by atoms with Crippen molar-refractivity contribution in [2.75, 3.05) is 26.3 Å². The normalized spacial score (nSPS) is 27.3. The Morgan fingerprint density at radius 2 is 1.82 bits per heavy atom. The predicted molar refractivity (Wildman–Crippen MR) is 127 cm³/mol. The standard InChI is InChI=1S/C26H29F5N4O4/c27-19-15(16-9-38-10-17(16)23(36)35-11-26(30,31)12-35)5-6-18-21(19)33-22(32-18)20(13-3-1-2-4-13)34-24(37)39-14-7-25(28,29)8-14/h5-6,13-14,16-17,20H,1-4,7-12H2,(H,32,33)(H,34,37)/t16-,17-,20+/m1/s1. The van der Waals surface area contributed by atoms with Crippen LogP contribution in [0.5, 0.6) is 0 Å². The molecular weight excluding hydrogens is 527 g/mol. The number of alkyl halides is 4. The van der Waals surface area contributed by atoms with E-state index in [-0.39, 0.29) is 30.2 Å². The van der Waals surface area contributed by atoms with Crippen LogP contribution in [0.4, 0.5) is 26.7 Å². The molecule has 2 saturated heterocycles. The number of likely N-dealkylation sites (tertiary alicyclic amines) is 1. The SMILES string of the molecule is O=C(N[C@H](c1nc2c(F)c([C@H]3COC[C@H]3C(=O)N3CC(F)(F)C3)ccc2[nH]1)C1CCCC1)OC1CC(F)(F)C1. The summed E-state index contributed by atoms with van der Waals surface area (Å²) in [5, 5.41) is 2.75. The second kappa shape index (κ2) is 9.60. The first-order chi connectivity index (χ1) is 18.5. The van der Waals surface area contributed by atoms with Crippen molar-refractivity contribution in [3.05, 3.63) is 29.3 Å². The Bertz CT molecular complexity index is 1260. The van der Waals surface area contributed by atoms with E-state index in [1.54, 1.807) is 6.07 Å². The monoisotopic (exact) mass is 556 g/mol. The van der Waals surface area contributed by atoms with E-state index in [0.717, 1.165) is 30.6 Å². The van der Waals surface area contributed by atoms with Gasteiger partial charge in [-0.15, -0.1) is 0 Å². The molecule has 39 heavy (non-hydrogen) atoms. The Morgan fingerprint density at radius 1 is 1.10 bits per heavy atom. The van der Waals surface area contributed by atoms with Gasteiger partial charge in [-0.3, -0.25) is 4.79 Å². The quantitative estimate of drug-likeness (QED) is 0.505. The van der Waals surface area contributed by atoms with E-state index >= 15 is 4.39 Å². The molecule has 3 heterocycles. The van der Waals surface area contributed by atoms with Crippen molar-refractivity contribution >= 4 is 23.0 Å². The van der Waals surface area contributed by atoms with Gasteiger partial charge in [-0.25, -0.2) is 31.7 Å². The molecule has 2 aliphatic carbocycles. The molecule has 2 aromatic rings. The highest BCUT2D eigenvalue weighted by atomic mass is 19.3. The summed E-state index contributed by atoms with van der Waals surface area (Å²) in [6, 6.07) is 2.53. The lowest BCUT2D eigenvalue weighted by atomic mass is 9.86. The topological polar surface area (TPSA) is 96.5 Å². The summed E-state index contributed by atoms with van der Waals surface area (Å²) < 4.78 is 79.4. The number of hydrogen-bond acceptors (Lipinski definition) is 5. The molecule has 1 aromatic carbocycles. The smallest absolute Gasteiger partial charge is 0.408 e. The molecule has 0 radical (unpaired) electrons. The summed E-state index contributed by atoms with van der Waals surface area (Å²) in [4.78, 5) is 34.0. The van der Waals surface area contributed by atoms with E-state index in [9.17, 15) is 27.2 Å². The number of imidazole rings is 1. The number of rotatable bonds is 6. The number of hydrogen-bond donors (Lipinski definition) is 2. The molecule has 212 valence electrons. The van der Waals surface area contributed by atoms with Crippen molar-refractivity contribution in [3.8, 4) is 0 Å². The fraction of sp³-hybridized carbons (Fsp3) is 0.654. The van der Waals surface area contributed by atoms with Gasteiger partial charge in [0.15, 0.2) is 5.82 Å². The van der Waals surface area contributed by atoms with Crippen LogP contribution in [0.2, 0.25) is 0 Å². The molecule has 0 spiro atoms. The zero-order valence-electron chi connectivity index (χ0n) is 21.0. The number of nitrogens with zero attached hydrogens (tertiary/aromatic N) is 2. The second-order valence-corrected chi connectivity index (χ2v) is 11.2. The van der Waals surface area contributed by atoms with Crippen LogP contribution in [0.3, 0.4) is 0 Å². The number of fused-ring (bicyclic) bond motifs is 1.